The minimum Gasteiger partial charge on any atom is -0.480 e. The Kier molecular flexibility index (Phi) is 3.05. The van der Waals surface area contributed by atoms with Crippen molar-refractivity contribution in [2.24, 2.45) is 5.10 Å². The highest BCUT2D eigenvalue weighted by Gasteiger charge is 2.35. The van der Waals surface area contributed by atoms with Crippen molar-refractivity contribution in [3.63, 3.8) is 0 Å². The third-order valence-electron chi connectivity index (χ3n) is 1.86. The van der Waals surface area contributed by atoms with E-state index >= 15 is 0 Å². The SMILES string of the molecule is COC1=NNC(C(C)(F)F)C=C1CO. The van der Waals surface area contributed by atoms with E-state index in [2.05, 4.69) is 10.5 Å². The Labute approximate surface area is 80.3 Å². The molecule has 0 bridgehead atoms. The zero-order chi connectivity index (χ0) is 10.8. The van der Waals surface area contributed by atoms with Crippen LogP contribution in [0.5, 0.6) is 0 Å². The number of ether oxygens (including phenoxy) is 1. The van der Waals surface area contributed by atoms with Gasteiger partial charge in [-0.15, -0.1) is 5.10 Å². The van der Waals surface area contributed by atoms with Crippen molar-refractivity contribution in [3.8, 4) is 0 Å². The van der Waals surface area contributed by atoms with E-state index in [0.717, 1.165) is 6.92 Å². The summed E-state index contributed by atoms with van der Waals surface area (Å²) in [5, 5.41) is 12.5. The van der Waals surface area contributed by atoms with Crippen LogP contribution in [-0.4, -0.2) is 36.7 Å². The lowest BCUT2D eigenvalue weighted by atomic mass is 10.1. The maximum Gasteiger partial charge on any atom is 0.270 e. The largest absolute Gasteiger partial charge is 0.480 e. The van der Waals surface area contributed by atoms with E-state index in [1.54, 1.807) is 0 Å². The van der Waals surface area contributed by atoms with Crippen LogP contribution in [0.25, 0.3) is 0 Å². The van der Waals surface area contributed by atoms with E-state index in [1.165, 1.54) is 13.2 Å². The Hall–Kier alpha value is -1.17. The van der Waals surface area contributed by atoms with Gasteiger partial charge in [0.1, 0.15) is 6.04 Å². The summed E-state index contributed by atoms with van der Waals surface area (Å²) in [6.45, 7) is 0.407. The summed E-state index contributed by atoms with van der Waals surface area (Å²) in [7, 11) is 1.36. The van der Waals surface area contributed by atoms with Gasteiger partial charge in [-0.2, -0.15) is 0 Å². The van der Waals surface area contributed by atoms with E-state index in [4.69, 9.17) is 9.84 Å². The fourth-order valence-corrected chi connectivity index (χ4v) is 1.07. The van der Waals surface area contributed by atoms with Crippen LogP contribution in [0.1, 0.15) is 6.92 Å². The van der Waals surface area contributed by atoms with Crippen LogP contribution >= 0.6 is 0 Å². The zero-order valence-electron chi connectivity index (χ0n) is 7.92. The average Bonchev–Trinajstić information content (AvgIpc) is 2.15. The molecule has 0 aliphatic carbocycles. The zero-order valence-corrected chi connectivity index (χ0v) is 7.92. The summed E-state index contributed by atoms with van der Waals surface area (Å²) in [4.78, 5) is 0. The number of aliphatic hydroxyl groups excluding tert-OH is 1. The van der Waals surface area contributed by atoms with Crippen molar-refractivity contribution >= 4 is 5.90 Å². The third-order valence-corrected chi connectivity index (χ3v) is 1.86. The predicted molar refractivity (Wildman–Crippen MR) is 47.2 cm³/mol. The lowest BCUT2D eigenvalue weighted by Crippen LogP contribution is -2.42. The van der Waals surface area contributed by atoms with E-state index < -0.39 is 12.0 Å². The molecule has 1 heterocycles. The molecule has 1 unspecified atom stereocenters. The van der Waals surface area contributed by atoms with Crippen molar-refractivity contribution in [2.45, 2.75) is 18.9 Å². The molecule has 6 heteroatoms. The smallest absolute Gasteiger partial charge is 0.270 e. The average molecular weight is 206 g/mol. The second-order valence-corrected chi connectivity index (χ2v) is 3.03. The van der Waals surface area contributed by atoms with Crippen molar-refractivity contribution in [3.05, 3.63) is 11.6 Å². The summed E-state index contributed by atoms with van der Waals surface area (Å²) in [5.74, 6) is -2.79. The number of hydrogen-bond donors (Lipinski definition) is 2. The second kappa shape index (κ2) is 3.91. The Bertz CT molecular complexity index is 271. The number of hydrazone groups is 1. The van der Waals surface area contributed by atoms with Crippen LogP contribution < -0.4 is 5.43 Å². The Morgan fingerprint density at radius 2 is 2.36 bits per heavy atom. The van der Waals surface area contributed by atoms with Gasteiger partial charge in [-0.1, -0.05) is 0 Å². The molecule has 1 aliphatic heterocycles. The van der Waals surface area contributed by atoms with Crippen LogP contribution in [0.4, 0.5) is 8.78 Å². The number of methoxy groups -OCH3 is 1. The van der Waals surface area contributed by atoms with E-state index in [-0.39, 0.29) is 18.1 Å². The summed E-state index contributed by atoms with van der Waals surface area (Å²) in [6, 6.07) is -1.21. The highest BCUT2D eigenvalue weighted by atomic mass is 19.3. The summed E-state index contributed by atoms with van der Waals surface area (Å²) in [5.41, 5.74) is 2.51. The number of rotatable bonds is 2. The molecule has 0 aromatic rings. The van der Waals surface area contributed by atoms with Gasteiger partial charge >= 0.3 is 0 Å². The summed E-state index contributed by atoms with van der Waals surface area (Å²) < 4.78 is 30.5. The minimum absolute atomic E-state index is 0.132. The predicted octanol–water partition coefficient (Wildman–Crippen LogP) is 0.492. The molecule has 0 aromatic carbocycles. The van der Waals surface area contributed by atoms with Gasteiger partial charge in [0.25, 0.3) is 5.92 Å². The number of aliphatic hydroxyl groups is 1. The maximum atomic E-state index is 12.8. The quantitative estimate of drug-likeness (QED) is 0.691. The molecule has 0 aromatic heterocycles. The lowest BCUT2D eigenvalue weighted by molar-refractivity contribution is -0.00331. The summed E-state index contributed by atoms with van der Waals surface area (Å²) >= 11 is 0. The van der Waals surface area contributed by atoms with Crippen molar-refractivity contribution in [2.75, 3.05) is 13.7 Å². The molecule has 4 nitrogen and oxygen atoms in total. The fraction of sp³-hybridized carbons (Fsp3) is 0.625. The molecule has 0 spiro atoms. The van der Waals surface area contributed by atoms with Crippen LogP contribution in [0.15, 0.2) is 16.8 Å². The third kappa shape index (κ3) is 2.20. The van der Waals surface area contributed by atoms with Crippen LogP contribution in [0.3, 0.4) is 0 Å². The van der Waals surface area contributed by atoms with E-state index in [1.807, 2.05) is 0 Å². The molecular weight excluding hydrogens is 194 g/mol. The Balaban J connectivity index is 2.84. The number of hydrogen-bond acceptors (Lipinski definition) is 4. The first kappa shape index (κ1) is 10.9. The van der Waals surface area contributed by atoms with Gasteiger partial charge < -0.3 is 9.84 Å². The normalized spacial score (nSPS) is 22.2. The number of nitrogens with one attached hydrogen (secondary N) is 1. The van der Waals surface area contributed by atoms with Gasteiger partial charge in [0.05, 0.1) is 13.7 Å². The van der Waals surface area contributed by atoms with Crippen molar-refractivity contribution in [1.29, 1.82) is 0 Å². The molecule has 1 atom stereocenters. The molecule has 0 amide bonds. The highest BCUT2D eigenvalue weighted by molar-refractivity contribution is 5.94. The lowest BCUT2D eigenvalue weighted by Gasteiger charge is -2.25. The number of alkyl halides is 2. The topological polar surface area (TPSA) is 53.8 Å². The van der Waals surface area contributed by atoms with Gasteiger partial charge in [-0.3, -0.25) is 5.43 Å². The number of halogens is 2. The monoisotopic (exact) mass is 206 g/mol. The number of nitrogens with zero attached hydrogens (tertiary/aromatic N) is 1. The first-order chi connectivity index (χ1) is 6.49. The van der Waals surface area contributed by atoms with Crippen LogP contribution in [0, 0.1) is 0 Å². The van der Waals surface area contributed by atoms with Crippen molar-refractivity contribution < 1.29 is 18.6 Å². The van der Waals surface area contributed by atoms with Crippen LogP contribution in [-0.2, 0) is 4.74 Å². The van der Waals surface area contributed by atoms with Crippen molar-refractivity contribution in [1.82, 2.24) is 5.43 Å². The Morgan fingerprint density at radius 1 is 1.71 bits per heavy atom. The molecule has 0 fully saturated rings. The van der Waals surface area contributed by atoms with Gasteiger partial charge in [-0.25, -0.2) is 8.78 Å². The van der Waals surface area contributed by atoms with Crippen LogP contribution in [0.2, 0.25) is 0 Å². The molecule has 80 valence electrons. The summed E-state index contributed by atoms with van der Waals surface area (Å²) in [6.07, 6.45) is 1.21. The van der Waals surface area contributed by atoms with E-state index in [9.17, 15) is 8.78 Å². The standard InChI is InChI=1S/C8H12F2N2O2/c1-8(9,10)6-3-5(4-13)7(14-2)12-11-6/h3,6,11,13H,4H2,1-2H3. The van der Waals surface area contributed by atoms with E-state index in [0.29, 0.717) is 0 Å². The van der Waals surface area contributed by atoms with Gasteiger partial charge in [0.2, 0.25) is 5.90 Å². The molecule has 0 radical (unpaired) electrons. The first-order valence-corrected chi connectivity index (χ1v) is 4.06. The molecule has 14 heavy (non-hydrogen) atoms. The molecule has 0 saturated heterocycles. The molecule has 2 N–H and O–H groups in total. The molecular formula is C8H12F2N2O2. The Morgan fingerprint density at radius 3 is 2.79 bits per heavy atom. The molecule has 0 saturated carbocycles. The second-order valence-electron chi connectivity index (χ2n) is 3.03. The fourth-order valence-electron chi connectivity index (χ4n) is 1.07. The molecule has 1 aliphatic rings. The first-order valence-electron chi connectivity index (χ1n) is 4.06. The van der Waals surface area contributed by atoms with Gasteiger partial charge in [-0.05, 0) is 6.08 Å². The highest BCUT2D eigenvalue weighted by Crippen LogP contribution is 2.21. The maximum absolute atomic E-state index is 12.8. The van der Waals surface area contributed by atoms with Gasteiger partial charge in [0, 0.05) is 12.5 Å². The molecule has 1 rings (SSSR count). The van der Waals surface area contributed by atoms with Gasteiger partial charge in [0.15, 0.2) is 0 Å². The minimum atomic E-state index is -2.93.